The Hall–Kier alpha value is -1.22. The Kier molecular flexibility index (Phi) is 1.87. The van der Waals surface area contributed by atoms with Crippen molar-refractivity contribution in [2.45, 2.75) is 19.8 Å². The SMILES string of the molecule is Cc1ccc(C#CC2CC2)cc1. The summed E-state index contributed by atoms with van der Waals surface area (Å²) in [6.45, 7) is 2.10. The Labute approximate surface area is 73.6 Å². The van der Waals surface area contributed by atoms with Crippen molar-refractivity contribution in [3.8, 4) is 11.8 Å². The average molecular weight is 156 g/mol. The predicted octanol–water partition coefficient (Wildman–Crippen LogP) is 2.76. The van der Waals surface area contributed by atoms with E-state index in [2.05, 4.69) is 43.0 Å². The molecule has 2 rings (SSSR count). The van der Waals surface area contributed by atoms with Gasteiger partial charge in [-0.05, 0) is 31.9 Å². The molecule has 0 heterocycles. The first-order valence-electron chi connectivity index (χ1n) is 4.43. The lowest BCUT2D eigenvalue weighted by Gasteiger charge is -1.90. The molecule has 0 spiro atoms. The van der Waals surface area contributed by atoms with E-state index in [4.69, 9.17) is 0 Å². The topological polar surface area (TPSA) is 0 Å². The van der Waals surface area contributed by atoms with Crippen molar-refractivity contribution in [1.29, 1.82) is 0 Å². The molecule has 0 heteroatoms. The van der Waals surface area contributed by atoms with Gasteiger partial charge in [-0.3, -0.25) is 0 Å². The summed E-state index contributed by atoms with van der Waals surface area (Å²) in [5.41, 5.74) is 2.44. The fourth-order valence-electron chi connectivity index (χ4n) is 1.05. The van der Waals surface area contributed by atoms with E-state index >= 15 is 0 Å². The zero-order valence-electron chi connectivity index (χ0n) is 7.30. The van der Waals surface area contributed by atoms with Gasteiger partial charge in [0.15, 0.2) is 0 Å². The van der Waals surface area contributed by atoms with Crippen molar-refractivity contribution in [3.63, 3.8) is 0 Å². The van der Waals surface area contributed by atoms with Crippen LogP contribution in [0, 0.1) is 24.7 Å². The molecule has 0 bridgehead atoms. The molecule has 1 saturated carbocycles. The number of hydrogen-bond acceptors (Lipinski definition) is 0. The average Bonchev–Trinajstić information content (AvgIpc) is 2.87. The van der Waals surface area contributed by atoms with Crippen LogP contribution in [-0.2, 0) is 0 Å². The highest BCUT2D eigenvalue weighted by atomic mass is 14.2. The van der Waals surface area contributed by atoms with Gasteiger partial charge in [0.1, 0.15) is 0 Å². The highest BCUT2D eigenvalue weighted by Gasteiger charge is 2.17. The molecule has 0 N–H and O–H groups in total. The molecule has 0 amide bonds. The zero-order chi connectivity index (χ0) is 8.39. The van der Waals surface area contributed by atoms with Gasteiger partial charge in [-0.25, -0.2) is 0 Å². The van der Waals surface area contributed by atoms with Gasteiger partial charge in [0, 0.05) is 11.5 Å². The lowest BCUT2D eigenvalue weighted by molar-refractivity contribution is 1.18. The van der Waals surface area contributed by atoms with E-state index in [1.807, 2.05) is 0 Å². The van der Waals surface area contributed by atoms with Crippen LogP contribution in [0.4, 0.5) is 0 Å². The van der Waals surface area contributed by atoms with E-state index in [1.165, 1.54) is 18.4 Å². The molecule has 1 aromatic carbocycles. The summed E-state index contributed by atoms with van der Waals surface area (Å²) in [5.74, 6) is 7.13. The predicted molar refractivity (Wildman–Crippen MR) is 50.8 cm³/mol. The molecule has 0 aromatic heterocycles. The van der Waals surface area contributed by atoms with Crippen LogP contribution in [0.25, 0.3) is 0 Å². The molecule has 1 aromatic rings. The number of rotatable bonds is 0. The Morgan fingerprint density at radius 3 is 2.42 bits per heavy atom. The van der Waals surface area contributed by atoms with Gasteiger partial charge in [-0.1, -0.05) is 29.5 Å². The van der Waals surface area contributed by atoms with Gasteiger partial charge in [0.05, 0.1) is 0 Å². The fourth-order valence-corrected chi connectivity index (χ4v) is 1.05. The Morgan fingerprint density at radius 1 is 1.17 bits per heavy atom. The van der Waals surface area contributed by atoms with Crippen LogP contribution >= 0.6 is 0 Å². The van der Waals surface area contributed by atoms with E-state index in [9.17, 15) is 0 Å². The number of hydrogen-bond donors (Lipinski definition) is 0. The normalized spacial score (nSPS) is 15.1. The van der Waals surface area contributed by atoms with Crippen molar-refractivity contribution < 1.29 is 0 Å². The van der Waals surface area contributed by atoms with E-state index in [0.717, 1.165) is 5.56 Å². The van der Waals surface area contributed by atoms with Crippen molar-refractivity contribution in [2.24, 2.45) is 5.92 Å². The second-order valence-electron chi connectivity index (χ2n) is 3.41. The Bertz CT molecular complexity index is 317. The molecule has 1 aliphatic rings. The molecule has 0 saturated heterocycles. The van der Waals surface area contributed by atoms with Crippen LogP contribution in [-0.4, -0.2) is 0 Å². The summed E-state index contributed by atoms with van der Waals surface area (Å²) in [7, 11) is 0. The quantitative estimate of drug-likeness (QED) is 0.507. The van der Waals surface area contributed by atoms with Gasteiger partial charge in [-0.15, -0.1) is 0 Å². The maximum atomic E-state index is 3.24. The summed E-state index contributed by atoms with van der Waals surface area (Å²) >= 11 is 0. The van der Waals surface area contributed by atoms with E-state index in [-0.39, 0.29) is 0 Å². The standard InChI is InChI=1S/C12H12/c1-10-2-4-11(5-3-10)6-7-12-8-9-12/h2-5,12H,8-9H2,1H3. The van der Waals surface area contributed by atoms with Crippen LogP contribution < -0.4 is 0 Å². The van der Waals surface area contributed by atoms with Crippen molar-refractivity contribution in [2.75, 3.05) is 0 Å². The summed E-state index contributed by atoms with van der Waals surface area (Å²) in [6, 6.07) is 8.39. The first kappa shape index (κ1) is 7.43. The third-order valence-corrected chi connectivity index (χ3v) is 2.05. The van der Waals surface area contributed by atoms with Crippen LogP contribution in [0.15, 0.2) is 24.3 Å². The van der Waals surface area contributed by atoms with Crippen LogP contribution in [0.2, 0.25) is 0 Å². The largest absolute Gasteiger partial charge is 0.0945 e. The minimum absolute atomic E-state index is 0.700. The molecule has 0 unspecified atom stereocenters. The first-order valence-corrected chi connectivity index (χ1v) is 4.43. The second-order valence-corrected chi connectivity index (χ2v) is 3.41. The summed E-state index contributed by atoms with van der Waals surface area (Å²) in [4.78, 5) is 0. The molecule has 1 fully saturated rings. The summed E-state index contributed by atoms with van der Waals surface area (Å²) in [6.07, 6.45) is 2.61. The van der Waals surface area contributed by atoms with Gasteiger partial charge in [0.2, 0.25) is 0 Å². The Morgan fingerprint density at radius 2 is 1.83 bits per heavy atom. The van der Waals surface area contributed by atoms with Crippen LogP contribution in [0.5, 0.6) is 0 Å². The molecule has 12 heavy (non-hydrogen) atoms. The van der Waals surface area contributed by atoms with E-state index in [0.29, 0.717) is 5.92 Å². The highest BCUT2D eigenvalue weighted by Crippen LogP contribution is 2.27. The monoisotopic (exact) mass is 156 g/mol. The lowest BCUT2D eigenvalue weighted by atomic mass is 10.1. The molecule has 60 valence electrons. The second kappa shape index (κ2) is 3.03. The van der Waals surface area contributed by atoms with Gasteiger partial charge >= 0.3 is 0 Å². The minimum atomic E-state index is 0.700. The van der Waals surface area contributed by atoms with Gasteiger partial charge < -0.3 is 0 Å². The highest BCUT2D eigenvalue weighted by molar-refractivity contribution is 5.36. The van der Waals surface area contributed by atoms with Crippen LogP contribution in [0.3, 0.4) is 0 Å². The van der Waals surface area contributed by atoms with Crippen LogP contribution in [0.1, 0.15) is 24.0 Å². The zero-order valence-corrected chi connectivity index (χ0v) is 7.30. The van der Waals surface area contributed by atoms with E-state index in [1.54, 1.807) is 0 Å². The van der Waals surface area contributed by atoms with Gasteiger partial charge in [-0.2, -0.15) is 0 Å². The molecular weight excluding hydrogens is 144 g/mol. The molecule has 0 nitrogen and oxygen atoms in total. The number of aryl methyl sites for hydroxylation is 1. The molecule has 0 atom stereocenters. The first-order chi connectivity index (χ1) is 5.84. The van der Waals surface area contributed by atoms with E-state index < -0.39 is 0 Å². The Balaban J connectivity index is 2.13. The van der Waals surface area contributed by atoms with Crippen molar-refractivity contribution in [3.05, 3.63) is 35.4 Å². The third kappa shape index (κ3) is 1.89. The lowest BCUT2D eigenvalue weighted by Crippen LogP contribution is -1.75. The molecule has 1 aliphatic carbocycles. The van der Waals surface area contributed by atoms with Gasteiger partial charge in [0.25, 0.3) is 0 Å². The summed E-state index contributed by atoms with van der Waals surface area (Å²) in [5, 5.41) is 0. The smallest absolute Gasteiger partial charge is 0.0245 e. The molecule has 0 radical (unpaired) electrons. The fraction of sp³-hybridized carbons (Fsp3) is 0.333. The third-order valence-electron chi connectivity index (χ3n) is 2.05. The minimum Gasteiger partial charge on any atom is -0.0945 e. The maximum absolute atomic E-state index is 3.24. The maximum Gasteiger partial charge on any atom is 0.0245 e. The summed E-state index contributed by atoms with van der Waals surface area (Å²) < 4.78 is 0. The molecule has 0 aliphatic heterocycles. The molecular formula is C12H12. The van der Waals surface area contributed by atoms with Crippen molar-refractivity contribution >= 4 is 0 Å². The van der Waals surface area contributed by atoms with Crippen molar-refractivity contribution in [1.82, 2.24) is 0 Å². The number of benzene rings is 1.